The van der Waals surface area contributed by atoms with Crippen molar-refractivity contribution >= 4 is 5.97 Å². The summed E-state index contributed by atoms with van der Waals surface area (Å²) in [5.74, 6) is -0.0653. The van der Waals surface area contributed by atoms with Gasteiger partial charge in [0.05, 0.1) is 7.11 Å². The van der Waals surface area contributed by atoms with E-state index in [1.165, 1.54) is 0 Å². The Kier molecular flexibility index (Phi) is 4.13. The monoisotopic (exact) mass is 273 g/mol. The highest BCUT2D eigenvalue weighted by molar-refractivity contribution is 5.67. The van der Waals surface area contributed by atoms with Crippen molar-refractivity contribution in [1.29, 1.82) is 0 Å². The minimum atomic E-state index is -0.798. The number of aromatic nitrogens is 1. The minimum Gasteiger partial charge on any atom is -0.496 e. The normalized spacial score (nSPS) is 10.6. The number of aryl methyl sites for hydroxylation is 3. The lowest BCUT2D eigenvalue weighted by molar-refractivity contribution is -0.136. The molecule has 1 N–H and O–H groups in total. The number of hydrogen-bond donors (Lipinski definition) is 1. The molecule has 1 heterocycles. The zero-order chi connectivity index (χ0) is 14.7. The van der Waals surface area contributed by atoms with Crippen LogP contribution in [0.5, 0.6) is 5.75 Å². The highest BCUT2D eigenvalue weighted by Crippen LogP contribution is 2.25. The molecule has 20 heavy (non-hydrogen) atoms. The number of benzene rings is 1. The second kappa shape index (κ2) is 5.82. The third kappa shape index (κ3) is 2.85. The van der Waals surface area contributed by atoms with E-state index in [-0.39, 0.29) is 6.42 Å². The fourth-order valence-corrected chi connectivity index (χ4v) is 2.40. The van der Waals surface area contributed by atoms with Gasteiger partial charge in [0.15, 0.2) is 0 Å². The van der Waals surface area contributed by atoms with Crippen molar-refractivity contribution in [3.05, 3.63) is 47.3 Å². The smallest absolute Gasteiger partial charge is 0.303 e. The van der Waals surface area contributed by atoms with E-state index in [0.29, 0.717) is 6.42 Å². The van der Waals surface area contributed by atoms with Crippen LogP contribution in [-0.2, 0) is 11.2 Å². The Hall–Kier alpha value is -2.23. The quantitative estimate of drug-likeness (QED) is 0.910. The minimum absolute atomic E-state index is 0.108. The highest BCUT2D eigenvalue weighted by atomic mass is 16.5. The standard InChI is InChI=1S/C16H19NO3/c1-11-4-5-12(2)17(11)14-8-6-13(7-9-16(18)19)15(10-14)20-3/h4-6,8,10H,7,9H2,1-3H3,(H,18,19). The largest absolute Gasteiger partial charge is 0.496 e. The molecular formula is C16H19NO3. The summed E-state index contributed by atoms with van der Waals surface area (Å²) in [6.07, 6.45) is 0.583. The number of methoxy groups -OCH3 is 1. The first-order valence-electron chi connectivity index (χ1n) is 6.57. The first-order chi connectivity index (χ1) is 9.52. The van der Waals surface area contributed by atoms with Crippen LogP contribution in [0.25, 0.3) is 5.69 Å². The first-order valence-corrected chi connectivity index (χ1v) is 6.57. The van der Waals surface area contributed by atoms with Gasteiger partial charge in [0.1, 0.15) is 5.75 Å². The molecule has 106 valence electrons. The third-order valence-electron chi connectivity index (χ3n) is 3.41. The Bertz CT molecular complexity index is 609. The molecule has 0 aliphatic heterocycles. The first kappa shape index (κ1) is 14.2. The lowest BCUT2D eigenvalue weighted by atomic mass is 10.1. The fourth-order valence-electron chi connectivity index (χ4n) is 2.40. The summed E-state index contributed by atoms with van der Waals surface area (Å²) in [6.45, 7) is 4.11. The Morgan fingerprint density at radius 1 is 1.20 bits per heavy atom. The zero-order valence-corrected chi connectivity index (χ0v) is 12.0. The Labute approximate surface area is 118 Å². The number of aliphatic carboxylic acids is 1. The second-order valence-electron chi connectivity index (χ2n) is 4.84. The van der Waals surface area contributed by atoms with Crippen molar-refractivity contribution in [3.63, 3.8) is 0 Å². The van der Waals surface area contributed by atoms with E-state index in [1.807, 2.05) is 18.2 Å². The van der Waals surface area contributed by atoms with Crippen LogP contribution in [0.2, 0.25) is 0 Å². The van der Waals surface area contributed by atoms with Gasteiger partial charge in [0.25, 0.3) is 0 Å². The number of hydrogen-bond acceptors (Lipinski definition) is 2. The SMILES string of the molecule is COc1cc(-n2c(C)ccc2C)ccc1CCC(=O)O. The third-order valence-corrected chi connectivity index (χ3v) is 3.41. The van der Waals surface area contributed by atoms with Crippen molar-refractivity contribution in [3.8, 4) is 11.4 Å². The molecule has 1 aromatic carbocycles. The molecule has 0 radical (unpaired) electrons. The van der Waals surface area contributed by atoms with Gasteiger partial charge < -0.3 is 14.4 Å². The molecule has 0 unspecified atom stereocenters. The molecule has 1 aromatic heterocycles. The van der Waals surface area contributed by atoms with E-state index < -0.39 is 5.97 Å². The van der Waals surface area contributed by atoms with Gasteiger partial charge in [-0.15, -0.1) is 0 Å². The van der Waals surface area contributed by atoms with E-state index in [1.54, 1.807) is 7.11 Å². The molecule has 0 fully saturated rings. The van der Waals surface area contributed by atoms with Crippen LogP contribution in [0.15, 0.2) is 30.3 Å². The van der Waals surface area contributed by atoms with Gasteiger partial charge in [-0.3, -0.25) is 4.79 Å². The molecule has 0 bridgehead atoms. The van der Waals surface area contributed by atoms with Crippen LogP contribution in [-0.4, -0.2) is 22.8 Å². The van der Waals surface area contributed by atoms with Gasteiger partial charge in [-0.05, 0) is 44.0 Å². The molecule has 0 aliphatic carbocycles. The number of carboxylic acids is 1. The van der Waals surface area contributed by atoms with E-state index in [4.69, 9.17) is 9.84 Å². The average molecular weight is 273 g/mol. The maximum Gasteiger partial charge on any atom is 0.303 e. The maximum absolute atomic E-state index is 10.7. The predicted molar refractivity (Wildman–Crippen MR) is 77.8 cm³/mol. The van der Waals surface area contributed by atoms with Gasteiger partial charge in [0.2, 0.25) is 0 Å². The molecule has 2 aromatic rings. The van der Waals surface area contributed by atoms with Gasteiger partial charge in [-0.25, -0.2) is 0 Å². The van der Waals surface area contributed by atoms with E-state index in [0.717, 1.165) is 28.4 Å². The molecule has 0 spiro atoms. The summed E-state index contributed by atoms with van der Waals surface area (Å²) in [5.41, 5.74) is 4.26. The van der Waals surface area contributed by atoms with E-state index >= 15 is 0 Å². The predicted octanol–water partition coefficient (Wildman–Crippen LogP) is 3.12. The van der Waals surface area contributed by atoms with E-state index in [2.05, 4.69) is 30.5 Å². The number of ether oxygens (including phenoxy) is 1. The van der Waals surface area contributed by atoms with Crippen LogP contribution in [0.3, 0.4) is 0 Å². The number of rotatable bonds is 5. The number of carbonyl (C=O) groups is 1. The van der Waals surface area contributed by atoms with Gasteiger partial charge in [-0.1, -0.05) is 6.07 Å². The molecule has 0 saturated heterocycles. The van der Waals surface area contributed by atoms with Crippen molar-refractivity contribution in [1.82, 2.24) is 4.57 Å². The van der Waals surface area contributed by atoms with Gasteiger partial charge in [0, 0.05) is 29.6 Å². The number of carboxylic acid groups (broad SMARTS) is 1. The van der Waals surface area contributed by atoms with E-state index in [9.17, 15) is 4.79 Å². The van der Waals surface area contributed by atoms with Crippen molar-refractivity contribution in [2.24, 2.45) is 0 Å². The van der Waals surface area contributed by atoms with Crippen molar-refractivity contribution in [2.45, 2.75) is 26.7 Å². The Morgan fingerprint density at radius 2 is 1.85 bits per heavy atom. The second-order valence-corrected chi connectivity index (χ2v) is 4.84. The van der Waals surface area contributed by atoms with Crippen LogP contribution in [0.4, 0.5) is 0 Å². The molecule has 2 rings (SSSR count). The highest BCUT2D eigenvalue weighted by Gasteiger charge is 2.10. The molecule has 0 saturated carbocycles. The molecule has 4 heteroatoms. The molecule has 0 atom stereocenters. The molecule has 0 amide bonds. The van der Waals surface area contributed by atoms with Crippen LogP contribution < -0.4 is 4.74 Å². The lowest BCUT2D eigenvalue weighted by Gasteiger charge is -2.13. The van der Waals surface area contributed by atoms with Gasteiger partial charge >= 0.3 is 5.97 Å². The lowest BCUT2D eigenvalue weighted by Crippen LogP contribution is -2.02. The zero-order valence-electron chi connectivity index (χ0n) is 12.0. The fraction of sp³-hybridized carbons (Fsp3) is 0.312. The molecular weight excluding hydrogens is 254 g/mol. The summed E-state index contributed by atoms with van der Waals surface area (Å²) < 4.78 is 7.53. The summed E-state index contributed by atoms with van der Waals surface area (Å²) >= 11 is 0. The summed E-state index contributed by atoms with van der Waals surface area (Å²) in [5, 5.41) is 8.77. The van der Waals surface area contributed by atoms with Gasteiger partial charge in [-0.2, -0.15) is 0 Å². The van der Waals surface area contributed by atoms with Crippen molar-refractivity contribution < 1.29 is 14.6 Å². The maximum atomic E-state index is 10.7. The molecule has 4 nitrogen and oxygen atoms in total. The topological polar surface area (TPSA) is 51.5 Å². The average Bonchev–Trinajstić information content (AvgIpc) is 2.75. The van der Waals surface area contributed by atoms with Crippen LogP contribution in [0, 0.1) is 13.8 Å². The Morgan fingerprint density at radius 3 is 2.40 bits per heavy atom. The summed E-state index contributed by atoms with van der Waals surface area (Å²) in [7, 11) is 1.61. The number of nitrogens with zero attached hydrogens (tertiary/aromatic N) is 1. The summed E-state index contributed by atoms with van der Waals surface area (Å²) in [4.78, 5) is 10.7. The molecule has 0 aliphatic rings. The van der Waals surface area contributed by atoms with Crippen molar-refractivity contribution in [2.75, 3.05) is 7.11 Å². The van der Waals surface area contributed by atoms with Crippen LogP contribution in [0.1, 0.15) is 23.4 Å². The van der Waals surface area contributed by atoms with Crippen LogP contribution >= 0.6 is 0 Å². The summed E-state index contributed by atoms with van der Waals surface area (Å²) in [6, 6.07) is 10.0. The Balaban J connectivity index is 2.36.